The molecule has 0 saturated heterocycles. The molecule has 1 aromatic carbocycles. The highest BCUT2D eigenvalue weighted by molar-refractivity contribution is 5.85. The normalized spacial score (nSPS) is 17.5. The number of anilines is 1. The molecule has 126 valence electrons. The molecule has 2 aromatic rings. The number of hydrogen-bond acceptors (Lipinski definition) is 4. The molecule has 0 bridgehead atoms. The third-order valence-corrected chi connectivity index (χ3v) is 3.54. The largest absolute Gasteiger partial charge is 0.573 e. The van der Waals surface area contributed by atoms with E-state index in [1.54, 1.807) is 13.2 Å². The van der Waals surface area contributed by atoms with E-state index in [9.17, 15) is 13.2 Å². The predicted octanol–water partition coefficient (Wildman–Crippen LogP) is 4.40. The monoisotopic (exact) mass is 336 g/mol. The van der Waals surface area contributed by atoms with E-state index in [0.717, 1.165) is 10.9 Å². The molecule has 0 spiro atoms. The number of nitrogens with one attached hydrogen (secondary N) is 1. The number of pyridine rings is 1. The molecule has 1 aliphatic carbocycles. The van der Waals surface area contributed by atoms with Crippen LogP contribution in [0.3, 0.4) is 0 Å². The molecule has 1 aliphatic rings. The van der Waals surface area contributed by atoms with Gasteiger partial charge in [-0.05, 0) is 36.8 Å². The fourth-order valence-electron chi connectivity index (χ4n) is 2.47. The number of methoxy groups -OCH3 is 1. The summed E-state index contributed by atoms with van der Waals surface area (Å²) in [5.41, 5.74) is 0.724. The van der Waals surface area contributed by atoms with Gasteiger partial charge in [0.2, 0.25) is 0 Å². The van der Waals surface area contributed by atoms with Gasteiger partial charge in [0, 0.05) is 11.4 Å². The van der Waals surface area contributed by atoms with Crippen molar-refractivity contribution in [2.24, 2.45) is 0 Å². The number of hydrogen-bond donors (Lipinski definition) is 1. The van der Waals surface area contributed by atoms with Crippen molar-refractivity contribution in [3.63, 3.8) is 0 Å². The van der Waals surface area contributed by atoms with Crippen molar-refractivity contribution in [3.05, 3.63) is 54.3 Å². The van der Waals surface area contributed by atoms with Crippen LogP contribution in [0.4, 0.5) is 19.0 Å². The van der Waals surface area contributed by atoms with Crippen molar-refractivity contribution in [3.8, 4) is 5.75 Å². The maximum Gasteiger partial charge on any atom is 0.573 e. The molecular weight excluding hydrogens is 321 g/mol. The van der Waals surface area contributed by atoms with Crippen LogP contribution in [0.15, 0.2) is 54.3 Å². The maximum atomic E-state index is 12.2. The topological polar surface area (TPSA) is 43.4 Å². The number of halogens is 3. The lowest BCUT2D eigenvalue weighted by molar-refractivity contribution is -0.303. The van der Waals surface area contributed by atoms with Gasteiger partial charge in [-0.25, -0.2) is 4.98 Å². The summed E-state index contributed by atoms with van der Waals surface area (Å²) in [6, 6.07) is 9.20. The Bertz CT molecular complexity index is 800. The van der Waals surface area contributed by atoms with E-state index < -0.39 is 6.36 Å². The first-order chi connectivity index (χ1) is 11.4. The van der Waals surface area contributed by atoms with Crippen LogP contribution in [0, 0.1) is 0 Å². The van der Waals surface area contributed by atoms with E-state index >= 15 is 0 Å². The summed E-state index contributed by atoms with van der Waals surface area (Å²) in [5, 5.41) is 4.12. The second kappa shape index (κ2) is 6.43. The minimum atomic E-state index is -4.67. The number of alkyl halides is 3. The second-order valence-electron chi connectivity index (χ2n) is 5.23. The molecule has 0 radical (unpaired) electrons. The highest BCUT2D eigenvalue weighted by Crippen LogP contribution is 2.27. The Hall–Kier alpha value is -2.70. The van der Waals surface area contributed by atoms with E-state index in [1.807, 2.05) is 30.3 Å². The van der Waals surface area contributed by atoms with Crippen molar-refractivity contribution in [2.75, 3.05) is 12.4 Å². The Morgan fingerprint density at radius 3 is 2.71 bits per heavy atom. The average molecular weight is 336 g/mol. The Balaban J connectivity index is 1.72. The minimum Gasteiger partial charge on any atom is -0.494 e. The molecule has 0 aliphatic heterocycles. The number of allylic oxidation sites excluding steroid dienone is 1. The number of rotatable bonds is 4. The Kier molecular flexibility index (Phi) is 4.33. The van der Waals surface area contributed by atoms with Crippen LogP contribution in [0.2, 0.25) is 0 Å². The van der Waals surface area contributed by atoms with Gasteiger partial charge in [0.15, 0.2) is 0 Å². The van der Waals surface area contributed by atoms with Crippen LogP contribution in [0.25, 0.3) is 10.9 Å². The Morgan fingerprint density at radius 2 is 2.04 bits per heavy atom. The molecule has 24 heavy (non-hydrogen) atoms. The number of fused-ring (bicyclic) bond motifs is 1. The first-order valence-electron chi connectivity index (χ1n) is 7.29. The first-order valence-corrected chi connectivity index (χ1v) is 7.29. The van der Waals surface area contributed by atoms with Gasteiger partial charge in [0.1, 0.15) is 22.8 Å². The maximum absolute atomic E-state index is 12.2. The van der Waals surface area contributed by atoms with Gasteiger partial charge in [-0.1, -0.05) is 18.2 Å². The lowest BCUT2D eigenvalue weighted by Gasteiger charge is -2.19. The zero-order valence-electron chi connectivity index (χ0n) is 12.8. The Morgan fingerprint density at radius 1 is 1.21 bits per heavy atom. The summed E-state index contributed by atoms with van der Waals surface area (Å²) in [5.74, 6) is 1.08. The van der Waals surface area contributed by atoms with Crippen LogP contribution in [0.1, 0.15) is 6.42 Å². The van der Waals surface area contributed by atoms with Gasteiger partial charge < -0.3 is 14.8 Å². The predicted molar refractivity (Wildman–Crippen MR) is 84.7 cm³/mol. The molecule has 3 rings (SSSR count). The summed E-state index contributed by atoms with van der Waals surface area (Å²) >= 11 is 0. The van der Waals surface area contributed by atoms with E-state index in [0.29, 0.717) is 18.0 Å². The quantitative estimate of drug-likeness (QED) is 0.898. The molecule has 1 heterocycles. The molecule has 1 unspecified atom stereocenters. The molecular formula is C17H15F3N2O2. The van der Waals surface area contributed by atoms with Crippen molar-refractivity contribution in [1.82, 2.24) is 4.98 Å². The average Bonchev–Trinajstić information content (AvgIpc) is 2.55. The van der Waals surface area contributed by atoms with Gasteiger partial charge in [-0.2, -0.15) is 0 Å². The summed E-state index contributed by atoms with van der Waals surface area (Å²) in [7, 11) is 1.58. The van der Waals surface area contributed by atoms with E-state index in [-0.39, 0.29) is 11.8 Å². The van der Waals surface area contributed by atoms with Gasteiger partial charge in [-0.15, -0.1) is 13.2 Å². The second-order valence-corrected chi connectivity index (χ2v) is 5.23. The smallest absolute Gasteiger partial charge is 0.494 e. The summed E-state index contributed by atoms with van der Waals surface area (Å²) in [4.78, 5) is 4.52. The van der Waals surface area contributed by atoms with Crippen LogP contribution in [-0.2, 0) is 4.74 Å². The van der Waals surface area contributed by atoms with Gasteiger partial charge >= 0.3 is 6.36 Å². The van der Waals surface area contributed by atoms with Gasteiger partial charge in [-0.3, -0.25) is 0 Å². The fourth-order valence-corrected chi connectivity index (χ4v) is 2.47. The molecule has 0 amide bonds. The molecule has 4 nitrogen and oxygen atoms in total. The minimum absolute atomic E-state index is 0.162. The van der Waals surface area contributed by atoms with Gasteiger partial charge in [0.25, 0.3) is 0 Å². The fraction of sp³-hybridized carbons (Fsp3) is 0.235. The molecule has 1 aromatic heterocycles. The number of aromatic nitrogens is 1. The first kappa shape index (κ1) is 16.2. The van der Waals surface area contributed by atoms with E-state index in [1.165, 1.54) is 12.2 Å². The van der Waals surface area contributed by atoms with Crippen molar-refractivity contribution < 1.29 is 22.6 Å². The number of benzene rings is 1. The highest BCUT2D eigenvalue weighted by atomic mass is 19.4. The summed E-state index contributed by atoms with van der Waals surface area (Å²) in [6.07, 6.45) is 0.0126. The summed E-state index contributed by atoms with van der Waals surface area (Å²) in [6.45, 7) is 0. The molecule has 1 N–H and O–H groups in total. The van der Waals surface area contributed by atoms with Crippen molar-refractivity contribution in [1.29, 1.82) is 0 Å². The van der Waals surface area contributed by atoms with Crippen LogP contribution >= 0.6 is 0 Å². The van der Waals surface area contributed by atoms with Crippen molar-refractivity contribution in [2.45, 2.75) is 18.8 Å². The Labute approximate surface area is 136 Å². The van der Waals surface area contributed by atoms with Crippen LogP contribution in [-0.4, -0.2) is 24.5 Å². The number of ether oxygens (including phenoxy) is 2. The van der Waals surface area contributed by atoms with E-state index in [2.05, 4.69) is 15.0 Å². The molecule has 0 fully saturated rings. The zero-order valence-corrected chi connectivity index (χ0v) is 12.8. The number of nitrogens with zero attached hydrogens (tertiary/aromatic N) is 1. The van der Waals surface area contributed by atoms with Crippen LogP contribution in [0.5, 0.6) is 5.75 Å². The third-order valence-electron chi connectivity index (χ3n) is 3.54. The lowest BCUT2D eigenvalue weighted by atomic mass is 10.1. The van der Waals surface area contributed by atoms with E-state index in [4.69, 9.17) is 4.74 Å². The third kappa shape index (κ3) is 3.79. The number of para-hydroxylation sites is 1. The standard InChI is InChI=1S/C17H15F3N2O2/c1-23-14-4-2-3-11-5-10-15(22-16(11)14)21-12-6-8-13(9-7-12)24-17(18,19)20/h2-6,8-10,12H,7H2,1H3,(H,21,22). The lowest BCUT2D eigenvalue weighted by Crippen LogP contribution is -2.20. The van der Waals surface area contributed by atoms with Crippen LogP contribution < -0.4 is 10.1 Å². The SMILES string of the molecule is COc1cccc2ccc(NC3C=CC(OC(F)(F)F)=CC3)nc12. The summed E-state index contributed by atoms with van der Waals surface area (Å²) < 4.78 is 45.7. The van der Waals surface area contributed by atoms with Crippen molar-refractivity contribution >= 4 is 16.7 Å². The molecule has 1 atom stereocenters. The molecule has 7 heteroatoms. The zero-order chi connectivity index (χ0) is 17.2. The van der Waals surface area contributed by atoms with Gasteiger partial charge in [0.05, 0.1) is 7.11 Å². The highest BCUT2D eigenvalue weighted by Gasteiger charge is 2.32. The molecule has 0 saturated carbocycles.